The van der Waals surface area contributed by atoms with Crippen LogP contribution in [0.5, 0.6) is 5.95 Å². The van der Waals surface area contributed by atoms with Crippen molar-refractivity contribution in [3.8, 4) is 5.95 Å². The molecule has 0 spiro atoms. The monoisotopic (exact) mass is 357 g/mol. The van der Waals surface area contributed by atoms with Gasteiger partial charge in [-0.05, 0) is 16.7 Å². The lowest BCUT2D eigenvalue weighted by Crippen LogP contribution is -2.21. The zero-order valence-corrected chi connectivity index (χ0v) is 14.7. The second-order valence-corrected chi connectivity index (χ2v) is 6.22. The van der Waals surface area contributed by atoms with Gasteiger partial charge in [-0.15, -0.1) is 0 Å². The number of ether oxygens (including phenoxy) is 1. The van der Waals surface area contributed by atoms with Crippen LogP contribution in [0, 0.1) is 0 Å². The number of hydrogen-bond donors (Lipinski definition) is 0. The quantitative estimate of drug-likeness (QED) is 0.504. The third-order valence-corrected chi connectivity index (χ3v) is 4.38. The molecule has 4 aromatic rings. The van der Waals surface area contributed by atoms with Gasteiger partial charge in [-0.2, -0.15) is 0 Å². The molecule has 0 unspecified atom stereocenters. The van der Waals surface area contributed by atoms with Crippen LogP contribution in [0.25, 0.3) is 0 Å². The molecule has 0 fully saturated rings. The highest BCUT2D eigenvalue weighted by molar-refractivity contribution is 5.33. The van der Waals surface area contributed by atoms with Crippen molar-refractivity contribution in [2.45, 2.75) is 12.6 Å². The minimum Gasteiger partial charge on any atom is -0.459 e. The lowest BCUT2D eigenvalue weighted by atomic mass is 9.99. The molecule has 0 bridgehead atoms. The minimum absolute atomic E-state index is 0.209. The summed E-state index contributed by atoms with van der Waals surface area (Å²) >= 11 is 0. The van der Waals surface area contributed by atoms with E-state index in [0.717, 1.165) is 16.7 Å². The molecule has 4 nitrogen and oxygen atoms in total. The second kappa shape index (κ2) is 7.79. The predicted molar refractivity (Wildman–Crippen MR) is 104 cm³/mol. The van der Waals surface area contributed by atoms with Gasteiger partial charge in [0.25, 0.3) is 0 Å². The molecule has 0 radical (unpaired) electrons. The summed E-state index contributed by atoms with van der Waals surface area (Å²) in [5.74, 6) is -0.239. The van der Waals surface area contributed by atoms with Gasteiger partial charge < -0.3 is 9.15 Å². The Morgan fingerprint density at radius 3 is 1.85 bits per heavy atom. The average molecular weight is 357 g/mol. The van der Waals surface area contributed by atoms with Crippen LogP contribution in [-0.4, -0.2) is 4.57 Å². The third kappa shape index (κ3) is 3.85. The first kappa shape index (κ1) is 16.9. The lowest BCUT2D eigenvalue weighted by molar-refractivity contribution is 0.226. The fraction of sp³-hybridized carbons (Fsp3) is 0.0870. The topological polar surface area (TPSA) is 44.4 Å². The Hall–Kier alpha value is -3.53. The second-order valence-electron chi connectivity index (χ2n) is 6.22. The van der Waals surface area contributed by atoms with E-state index in [9.17, 15) is 4.79 Å². The smallest absolute Gasteiger partial charge is 0.422 e. The van der Waals surface area contributed by atoms with Gasteiger partial charge in [0.1, 0.15) is 6.61 Å². The molecule has 0 N–H and O–H groups in total. The maximum atomic E-state index is 12.6. The van der Waals surface area contributed by atoms with E-state index in [4.69, 9.17) is 9.15 Å². The molecule has 4 heteroatoms. The standard InChI is InChI=1S/C23H19NO3/c25-23-24(16-21(27-23)26-17-18-10-4-1-5-11-18)22(19-12-6-2-7-13-19)20-14-8-3-9-15-20/h1-16,22H,17H2. The van der Waals surface area contributed by atoms with Crippen molar-refractivity contribution >= 4 is 0 Å². The van der Waals surface area contributed by atoms with E-state index >= 15 is 0 Å². The van der Waals surface area contributed by atoms with Crippen LogP contribution in [0.4, 0.5) is 0 Å². The average Bonchev–Trinajstić information content (AvgIpc) is 3.09. The Morgan fingerprint density at radius 2 is 1.30 bits per heavy atom. The maximum Gasteiger partial charge on any atom is 0.422 e. The van der Waals surface area contributed by atoms with Crippen molar-refractivity contribution in [2.24, 2.45) is 0 Å². The first-order valence-corrected chi connectivity index (χ1v) is 8.80. The van der Waals surface area contributed by atoms with E-state index in [2.05, 4.69) is 0 Å². The van der Waals surface area contributed by atoms with Crippen molar-refractivity contribution in [3.63, 3.8) is 0 Å². The molecule has 0 saturated heterocycles. The molecule has 0 saturated carbocycles. The maximum absolute atomic E-state index is 12.6. The van der Waals surface area contributed by atoms with Gasteiger partial charge >= 0.3 is 11.7 Å². The van der Waals surface area contributed by atoms with Gasteiger partial charge in [0.05, 0.1) is 12.2 Å². The van der Waals surface area contributed by atoms with E-state index in [1.54, 1.807) is 10.8 Å². The highest BCUT2D eigenvalue weighted by Crippen LogP contribution is 2.27. The van der Waals surface area contributed by atoms with Crippen molar-refractivity contribution in [1.29, 1.82) is 0 Å². The first-order valence-electron chi connectivity index (χ1n) is 8.80. The summed E-state index contributed by atoms with van der Waals surface area (Å²) < 4.78 is 12.6. The Bertz CT molecular complexity index is 998. The summed E-state index contributed by atoms with van der Waals surface area (Å²) in [6, 6.07) is 29.3. The van der Waals surface area contributed by atoms with Crippen LogP contribution in [0.1, 0.15) is 22.7 Å². The molecule has 0 aliphatic heterocycles. The van der Waals surface area contributed by atoms with Crippen molar-refractivity contribution in [2.75, 3.05) is 0 Å². The van der Waals surface area contributed by atoms with Gasteiger partial charge in [-0.25, -0.2) is 4.79 Å². The van der Waals surface area contributed by atoms with Gasteiger partial charge in [-0.3, -0.25) is 4.57 Å². The summed E-state index contributed by atoms with van der Waals surface area (Å²) in [6.45, 7) is 0.342. The van der Waals surface area contributed by atoms with Crippen LogP contribution in [0.2, 0.25) is 0 Å². The zero-order valence-electron chi connectivity index (χ0n) is 14.7. The number of rotatable bonds is 6. The Morgan fingerprint density at radius 1 is 0.778 bits per heavy atom. The summed E-state index contributed by atoms with van der Waals surface area (Å²) in [5, 5.41) is 0. The molecule has 0 amide bonds. The number of nitrogens with zero attached hydrogens (tertiary/aromatic N) is 1. The molecule has 3 aromatic carbocycles. The molecular formula is C23H19NO3. The SMILES string of the molecule is O=c1oc(OCc2ccccc2)cn1C(c1ccccc1)c1ccccc1. The van der Waals surface area contributed by atoms with Crippen LogP contribution >= 0.6 is 0 Å². The Balaban J connectivity index is 1.67. The number of oxazole rings is 1. The van der Waals surface area contributed by atoms with E-state index in [1.807, 2.05) is 91.0 Å². The summed E-state index contributed by atoms with van der Waals surface area (Å²) in [4.78, 5) is 12.6. The molecule has 0 aliphatic rings. The molecule has 4 rings (SSSR count). The minimum atomic E-state index is -0.448. The molecule has 1 aromatic heterocycles. The van der Waals surface area contributed by atoms with Gasteiger partial charge in [0.2, 0.25) is 0 Å². The molecule has 27 heavy (non-hydrogen) atoms. The Kier molecular flexibility index (Phi) is 4.88. The molecule has 0 aliphatic carbocycles. The van der Waals surface area contributed by atoms with Crippen LogP contribution < -0.4 is 10.5 Å². The van der Waals surface area contributed by atoms with Gasteiger partial charge in [0, 0.05) is 0 Å². The van der Waals surface area contributed by atoms with Gasteiger partial charge in [0.15, 0.2) is 0 Å². The van der Waals surface area contributed by atoms with E-state index in [1.165, 1.54) is 0 Å². The molecular weight excluding hydrogens is 338 g/mol. The van der Waals surface area contributed by atoms with E-state index in [-0.39, 0.29) is 12.0 Å². The summed E-state index contributed by atoms with van der Waals surface area (Å²) in [5.41, 5.74) is 3.01. The van der Waals surface area contributed by atoms with Gasteiger partial charge in [-0.1, -0.05) is 91.0 Å². The van der Waals surface area contributed by atoms with Crippen molar-refractivity contribution in [1.82, 2.24) is 4.57 Å². The third-order valence-electron chi connectivity index (χ3n) is 4.38. The van der Waals surface area contributed by atoms with Crippen LogP contribution in [0.3, 0.4) is 0 Å². The highest BCUT2D eigenvalue weighted by atomic mass is 16.6. The van der Waals surface area contributed by atoms with Crippen LogP contribution in [0.15, 0.2) is 106 Å². The van der Waals surface area contributed by atoms with Crippen molar-refractivity contribution in [3.05, 3.63) is 124 Å². The zero-order chi connectivity index (χ0) is 18.5. The highest BCUT2D eigenvalue weighted by Gasteiger charge is 2.20. The molecule has 0 atom stereocenters. The number of hydrogen-bond acceptors (Lipinski definition) is 3. The fourth-order valence-electron chi connectivity index (χ4n) is 3.09. The number of benzene rings is 3. The normalized spacial score (nSPS) is 10.9. The van der Waals surface area contributed by atoms with Crippen LogP contribution in [-0.2, 0) is 6.61 Å². The fourth-order valence-corrected chi connectivity index (χ4v) is 3.09. The first-order chi connectivity index (χ1) is 13.3. The molecule has 134 valence electrons. The summed E-state index contributed by atoms with van der Waals surface area (Å²) in [6.07, 6.45) is 1.63. The van der Waals surface area contributed by atoms with E-state index in [0.29, 0.717) is 6.61 Å². The Labute approximate surface area is 157 Å². The van der Waals surface area contributed by atoms with Crippen molar-refractivity contribution < 1.29 is 9.15 Å². The summed E-state index contributed by atoms with van der Waals surface area (Å²) in [7, 11) is 0. The molecule has 1 heterocycles. The largest absolute Gasteiger partial charge is 0.459 e. The lowest BCUT2D eigenvalue weighted by Gasteiger charge is -2.18. The number of aromatic nitrogens is 1. The van der Waals surface area contributed by atoms with E-state index < -0.39 is 5.76 Å². The predicted octanol–water partition coefficient (Wildman–Crippen LogP) is 4.66.